The summed E-state index contributed by atoms with van der Waals surface area (Å²) in [4.78, 5) is 16.7. The number of unbranched alkanes of at least 4 members (excludes halogenated alkanes) is 1. The molecule has 2 amide bonds. The van der Waals surface area contributed by atoms with Gasteiger partial charge in [0, 0.05) is 36.3 Å². The van der Waals surface area contributed by atoms with Crippen LogP contribution in [0.1, 0.15) is 18.4 Å². The fourth-order valence-electron chi connectivity index (χ4n) is 3.38. The normalized spacial score (nSPS) is 10.8. The monoisotopic (exact) mass is 526 g/mol. The number of hydrogen-bond acceptors (Lipinski definition) is 4. The van der Waals surface area contributed by atoms with Gasteiger partial charge in [0.2, 0.25) is 0 Å². The lowest BCUT2D eigenvalue weighted by Crippen LogP contribution is -2.35. The molecule has 4 aromatic rings. The molecule has 170 valence electrons. The van der Waals surface area contributed by atoms with Gasteiger partial charge in [-0.2, -0.15) is 9.61 Å². The number of rotatable bonds is 9. The molecule has 7 nitrogen and oxygen atoms in total. The predicted octanol–water partition coefficient (Wildman–Crippen LogP) is 5.50. The Balaban J connectivity index is 1.29. The molecule has 0 unspecified atom stereocenters. The largest absolute Gasteiger partial charge is 0.370 e. The third kappa shape index (κ3) is 6.03. The topological polar surface area (TPSA) is 83.3 Å². The van der Waals surface area contributed by atoms with E-state index in [2.05, 4.69) is 37.0 Å². The van der Waals surface area contributed by atoms with Crippen LogP contribution in [0, 0.1) is 0 Å². The van der Waals surface area contributed by atoms with E-state index in [4.69, 9.17) is 16.6 Å². The van der Waals surface area contributed by atoms with Crippen LogP contribution in [0.25, 0.3) is 16.9 Å². The number of aromatic nitrogens is 3. The second-order valence-electron chi connectivity index (χ2n) is 7.46. The van der Waals surface area contributed by atoms with Crippen LogP contribution in [0.5, 0.6) is 0 Å². The highest BCUT2D eigenvalue weighted by Crippen LogP contribution is 2.30. The molecular weight excluding hydrogens is 504 g/mol. The van der Waals surface area contributed by atoms with Gasteiger partial charge in [-0.25, -0.2) is 9.78 Å². The van der Waals surface area contributed by atoms with Gasteiger partial charge >= 0.3 is 6.03 Å². The van der Waals surface area contributed by atoms with Gasteiger partial charge in [-0.3, -0.25) is 0 Å². The fourth-order valence-corrected chi connectivity index (χ4v) is 3.96. The lowest BCUT2D eigenvalue weighted by atomic mass is 10.1. The van der Waals surface area contributed by atoms with Gasteiger partial charge in [-0.05, 0) is 40.4 Å². The zero-order valence-electron chi connectivity index (χ0n) is 17.9. The molecule has 3 N–H and O–H groups in total. The SMILES string of the molecule is O=C(NCCCCNc1cc(-c2ccccc2Cl)nc2c(Br)cnn12)NCc1ccccc1. The Morgan fingerprint density at radius 3 is 2.58 bits per heavy atom. The summed E-state index contributed by atoms with van der Waals surface area (Å²) >= 11 is 9.90. The maximum Gasteiger partial charge on any atom is 0.315 e. The molecule has 9 heteroatoms. The van der Waals surface area contributed by atoms with Crippen LogP contribution in [0.4, 0.5) is 10.6 Å². The molecule has 0 bridgehead atoms. The molecule has 0 fully saturated rings. The van der Waals surface area contributed by atoms with Crippen molar-refractivity contribution in [1.82, 2.24) is 25.2 Å². The molecule has 4 rings (SSSR count). The van der Waals surface area contributed by atoms with Crippen LogP contribution in [0.2, 0.25) is 5.02 Å². The smallest absolute Gasteiger partial charge is 0.315 e. The predicted molar refractivity (Wildman–Crippen MR) is 136 cm³/mol. The number of nitrogens with one attached hydrogen (secondary N) is 3. The van der Waals surface area contributed by atoms with Gasteiger partial charge in [0.05, 0.1) is 16.4 Å². The van der Waals surface area contributed by atoms with Crippen LogP contribution in [0.3, 0.4) is 0 Å². The first-order valence-corrected chi connectivity index (χ1v) is 11.9. The molecule has 33 heavy (non-hydrogen) atoms. The van der Waals surface area contributed by atoms with Gasteiger partial charge in [-0.15, -0.1) is 0 Å². The maximum atomic E-state index is 11.9. The number of carbonyl (C=O) groups excluding carboxylic acids is 1. The summed E-state index contributed by atoms with van der Waals surface area (Å²) in [6.07, 6.45) is 3.45. The molecule has 2 aromatic heterocycles. The first-order valence-electron chi connectivity index (χ1n) is 10.7. The lowest BCUT2D eigenvalue weighted by Gasteiger charge is -2.12. The Labute approximate surface area is 205 Å². The number of hydrogen-bond donors (Lipinski definition) is 3. The molecular formula is C24H24BrClN6O. The molecule has 0 atom stereocenters. The molecule has 0 saturated heterocycles. The number of urea groups is 1. The summed E-state index contributed by atoms with van der Waals surface area (Å²) in [6.45, 7) is 1.84. The molecule has 0 aliphatic heterocycles. The molecule has 0 spiro atoms. The zero-order chi connectivity index (χ0) is 23.0. The van der Waals surface area contributed by atoms with Crippen LogP contribution < -0.4 is 16.0 Å². The quantitative estimate of drug-likeness (QED) is 0.251. The van der Waals surface area contributed by atoms with Crippen molar-refractivity contribution in [2.24, 2.45) is 0 Å². The van der Waals surface area contributed by atoms with Gasteiger partial charge in [0.15, 0.2) is 5.65 Å². The van der Waals surface area contributed by atoms with Gasteiger partial charge in [-0.1, -0.05) is 60.1 Å². The van der Waals surface area contributed by atoms with Crippen molar-refractivity contribution in [3.05, 3.63) is 81.9 Å². The van der Waals surface area contributed by atoms with E-state index < -0.39 is 0 Å². The average molecular weight is 528 g/mol. The Bertz CT molecular complexity index is 1230. The third-order valence-electron chi connectivity index (χ3n) is 5.07. The Morgan fingerprint density at radius 1 is 1.00 bits per heavy atom. The lowest BCUT2D eigenvalue weighted by molar-refractivity contribution is 0.240. The minimum Gasteiger partial charge on any atom is -0.370 e. The van der Waals surface area contributed by atoms with E-state index in [1.165, 1.54) is 0 Å². The summed E-state index contributed by atoms with van der Waals surface area (Å²) in [5, 5.41) is 14.2. The van der Waals surface area contributed by atoms with Crippen molar-refractivity contribution in [2.45, 2.75) is 19.4 Å². The Morgan fingerprint density at radius 2 is 1.76 bits per heavy atom. The number of amides is 2. The molecule has 0 saturated carbocycles. The number of halogens is 2. The van der Waals surface area contributed by atoms with Crippen molar-refractivity contribution >= 4 is 45.0 Å². The van der Waals surface area contributed by atoms with Crippen molar-refractivity contribution in [2.75, 3.05) is 18.4 Å². The number of anilines is 1. The van der Waals surface area contributed by atoms with Crippen LogP contribution in [-0.4, -0.2) is 33.7 Å². The van der Waals surface area contributed by atoms with E-state index in [9.17, 15) is 4.79 Å². The fraction of sp³-hybridized carbons (Fsp3) is 0.208. The number of fused-ring (bicyclic) bond motifs is 1. The van der Waals surface area contributed by atoms with E-state index in [1.54, 1.807) is 10.7 Å². The summed E-state index contributed by atoms with van der Waals surface area (Å²) in [5.74, 6) is 0.828. The first kappa shape index (κ1) is 23.1. The van der Waals surface area contributed by atoms with Crippen LogP contribution in [-0.2, 0) is 6.54 Å². The summed E-state index contributed by atoms with van der Waals surface area (Å²) < 4.78 is 2.57. The molecule has 0 radical (unpaired) electrons. The van der Waals surface area contributed by atoms with Crippen LogP contribution in [0.15, 0.2) is 71.3 Å². The van der Waals surface area contributed by atoms with E-state index >= 15 is 0 Å². The minimum atomic E-state index is -0.159. The third-order valence-corrected chi connectivity index (χ3v) is 5.96. The number of nitrogens with zero attached hydrogens (tertiary/aromatic N) is 3. The Kier molecular flexibility index (Phi) is 7.80. The van der Waals surface area contributed by atoms with Gasteiger partial charge in [0.1, 0.15) is 5.82 Å². The highest BCUT2D eigenvalue weighted by molar-refractivity contribution is 9.10. The van der Waals surface area contributed by atoms with Crippen molar-refractivity contribution in [3.63, 3.8) is 0 Å². The summed E-state index contributed by atoms with van der Waals surface area (Å²) in [6, 6.07) is 19.3. The standard InChI is InChI=1S/C24H24BrClN6O/c25-19-16-30-32-22(14-21(31-23(19)32)18-10-4-5-11-20(18)26)27-12-6-7-13-28-24(33)29-15-17-8-2-1-3-9-17/h1-5,8-11,14,16,27H,6-7,12-13,15H2,(H2,28,29,33). The van der Waals surface area contributed by atoms with Gasteiger partial charge in [0.25, 0.3) is 0 Å². The summed E-state index contributed by atoms with van der Waals surface area (Å²) in [5.41, 5.74) is 3.42. The maximum absolute atomic E-state index is 11.9. The van der Waals surface area contributed by atoms with Crippen LogP contribution >= 0.6 is 27.5 Å². The van der Waals surface area contributed by atoms with Crippen molar-refractivity contribution in [3.8, 4) is 11.3 Å². The van der Waals surface area contributed by atoms with E-state index in [1.807, 2.05) is 60.7 Å². The molecule has 2 aromatic carbocycles. The molecule has 0 aliphatic rings. The summed E-state index contributed by atoms with van der Waals surface area (Å²) in [7, 11) is 0. The van der Waals surface area contributed by atoms with E-state index in [0.717, 1.165) is 46.5 Å². The highest BCUT2D eigenvalue weighted by Gasteiger charge is 2.13. The second kappa shape index (κ2) is 11.2. The number of carbonyl (C=O) groups is 1. The zero-order valence-corrected chi connectivity index (χ0v) is 20.2. The van der Waals surface area contributed by atoms with Crippen molar-refractivity contribution in [1.29, 1.82) is 0 Å². The molecule has 2 heterocycles. The van der Waals surface area contributed by atoms with Crippen molar-refractivity contribution < 1.29 is 4.79 Å². The minimum absolute atomic E-state index is 0.159. The number of benzene rings is 2. The Hall–Kier alpha value is -3.10. The second-order valence-corrected chi connectivity index (χ2v) is 8.72. The van der Waals surface area contributed by atoms with E-state index in [0.29, 0.717) is 23.8 Å². The highest BCUT2D eigenvalue weighted by atomic mass is 79.9. The van der Waals surface area contributed by atoms with E-state index in [-0.39, 0.29) is 6.03 Å². The average Bonchev–Trinajstić information content (AvgIpc) is 3.21. The molecule has 0 aliphatic carbocycles. The first-order chi connectivity index (χ1) is 16.1. The van der Waals surface area contributed by atoms with Gasteiger partial charge < -0.3 is 16.0 Å².